The molecule has 4 heterocycles. The van der Waals surface area contributed by atoms with Crippen LogP contribution in [0.5, 0.6) is 5.75 Å². The topological polar surface area (TPSA) is 170 Å². The van der Waals surface area contributed by atoms with Crippen molar-refractivity contribution in [3.8, 4) is 28.1 Å². The Morgan fingerprint density at radius 3 is 2.64 bits per heavy atom. The van der Waals surface area contributed by atoms with Crippen molar-refractivity contribution in [2.45, 2.75) is 85.7 Å². The van der Waals surface area contributed by atoms with Crippen molar-refractivity contribution in [1.82, 2.24) is 35.5 Å². The quantitative estimate of drug-likeness (QED) is 0.169. The second kappa shape index (κ2) is 18.1. The monoisotopic (exact) mass is 809 g/mol. The third-order valence-corrected chi connectivity index (χ3v) is 11.0. The van der Waals surface area contributed by atoms with E-state index in [-0.39, 0.29) is 43.5 Å². The molecule has 1 saturated heterocycles. The Balaban J connectivity index is 1.51. The number of phenols is 1. The maximum absolute atomic E-state index is 14.5. The summed E-state index contributed by atoms with van der Waals surface area (Å²) in [5.74, 6) is -1.43. The molecule has 0 radical (unpaired) electrons. The number of rotatable bonds is 9. The van der Waals surface area contributed by atoms with Crippen LogP contribution in [0.3, 0.4) is 0 Å². The Morgan fingerprint density at radius 1 is 1.15 bits per heavy atom. The fourth-order valence-corrected chi connectivity index (χ4v) is 8.19. The number of amides is 3. The van der Waals surface area contributed by atoms with E-state index >= 15 is 0 Å². The summed E-state index contributed by atoms with van der Waals surface area (Å²) in [4.78, 5) is 67.4. The van der Waals surface area contributed by atoms with Gasteiger partial charge in [0.1, 0.15) is 17.5 Å². The lowest BCUT2D eigenvalue weighted by atomic mass is 9.84. The molecule has 1 fully saturated rings. The van der Waals surface area contributed by atoms with E-state index in [0.29, 0.717) is 48.5 Å². The van der Waals surface area contributed by atoms with Gasteiger partial charge in [-0.25, -0.2) is 4.84 Å². The molecular weight excluding hydrogens is 753 g/mol. The number of aryl methyl sites for hydroxylation is 1. The van der Waals surface area contributed by atoms with Crippen LogP contribution in [0.2, 0.25) is 0 Å². The van der Waals surface area contributed by atoms with Crippen LogP contribution in [0, 0.1) is 10.3 Å². The summed E-state index contributed by atoms with van der Waals surface area (Å²) in [6, 6.07) is 12.2. The third-order valence-electron chi connectivity index (χ3n) is 11.0. The number of allylic oxidation sites excluding steroid dienone is 1. The number of likely N-dealkylation sites (N-methyl/N-ethyl adjacent to an activating group) is 2. The molecule has 15 nitrogen and oxygen atoms in total. The zero-order valence-corrected chi connectivity index (χ0v) is 35.3. The molecule has 2 aromatic carbocycles. The van der Waals surface area contributed by atoms with E-state index in [1.807, 2.05) is 24.4 Å². The average Bonchev–Trinajstić information content (AvgIpc) is 3.50. The van der Waals surface area contributed by atoms with E-state index in [9.17, 15) is 24.4 Å². The Labute approximate surface area is 345 Å². The molecule has 6 rings (SSSR count). The summed E-state index contributed by atoms with van der Waals surface area (Å²) in [7, 11) is 4.83. The van der Waals surface area contributed by atoms with Crippen molar-refractivity contribution in [3.63, 3.8) is 0 Å². The average molecular weight is 810 g/mol. The number of benzene rings is 2. The van der Waals surface area contributed by atoms with Crippen LogP contribution in [-0.4, -0.2) is 100 Å². The van der Waals surface area contributed by atoms with Crippen molar-refractivity contribution in [2.24, 2.45) is 5.41 Å². The molecule has 59 heavy (non-hydrogen) atoms. The highest BCUT2D eigenvalue weighted by atomic mass is 16.8. The van der Waals surface area contributed by atoms with Crippen LogP contribution in [-0.2, 0) is 50.0 Å². The number of aromatic hydroxyl groups is 1. The minimum absolute atomic E-state index is 0.00203. The highest BCUT2D eigenvalue weighted by Crippen LogP contribution is 2.41. The number of methoxy groups -OCH3 is 1. The molecule has 15 heteroatoms. The highest BCUT2D eigenvalue weighted by Gasteiger charge is 2.40. The van der Waals surface area contributed by atoms with Crippen molar-refractivity contribution in [1.29, 1.82) is 0 Å². The smallest absolute Gasteiger partial charge is 0.326 e. The Kier molecular flexibility index (Phi) is 13.2. The summed E-state index contributed by atoms with van der Waals surface area (Å²) < 4.78 is 7.89. The van der Waals surface area contributed by atoms with Crippen LogP contribution in [0.25, 0.3) is 33.3 Å². The molecule has 314 valence electrons. The first kappa shape index (κ1) is 43.0. The molecule has 2 atom stereocenters. The number of carbonyl (C=O) groups is 3. The van der Waals surface area contributed by atoms with E-state index < -0.39 is 29.4 Å². The van der Waals surface area contributed by atoms with Gasteiger partial charge in [-0.3, -0.25) is 24.4 Å². The number of fused-ring (bicyclic) bond motifs is 6. The summed E-state index contributed by atoms with van der Waals surface area (Å²) in [6.07, 6.45) is 4.22. The normalized spacial score (nSPS) is 18.2. The second-order valence-electron chi connectivity index (χ2n) is 16.4. The number of pyridine rings is 1. The largest absolute Gasteiger partial charge is 0.508 e. The van der Waals surface area contributed by atoms with Gasteiger partial charge >= 0.3 is 6.17 Å². The molecule has 0 spiro atoms. The number of nitrogens with zero attached hydrogens (tertiary/aromatic N) is 5. The number of hydrogen-bond acceptors (Lipinski definition) is 10. The van der Waals surface area contributed by atoms with Gasteiger partial charge in [-0.15, -0.1) is 0 Å². The number of hydrogen-bond donors (Lipinski definition) is 4. The maximum Gasteiger partial charge on any atom is 0.326 e. The molecule has 4 aromatic rings. The molecule has 2 aliphatic heterocycles. The van der Waals surface area contributed by atoms with E-state index in [4.69, 9.17) is 9.57 Å². The van der Waals surface area contributed by atoms with E-state index in [0.717, 1.165) is 44.4 Å². The fourth-order valence-electron chi connectivity index (χ4n) is 8.19. The summed E-state index contributed by atoms with van der Waals surface area (Å²) in [6.45, 7) is 11.1. The number of phenolic OH excluding ortho intramolecular Hbond substituents is 1. The van der Waals surface area contributed by atoms with E-state index in [1.165, 1.54) is 17.0 Å². The lowest BCUT2D eigenvalue weighted by Gasteiger charge is -2.32. The molecular formula is C44H57N8O7+. The lowest BCUT2D eigenvalue weighted by Crippen LogP contribution is -2.61. The maximum atomic E-state index is 14.5. The Morgan fingerprint density at radius 2 is 1.93 bits per heavy atom. The molecule has 0 saturated carbocycles. The van der Waals surface area contributed by atoms with Gasteiger partial charge in [0.15, 0.2) is 6.61 Å². The minimum atomic E-state index is -1.15. The van der Waals surface area contributed by atoms with E-state index in [1.54, 1.807) is 46.3 Å². The first-order valence-electron chi connectivity index (χ1n) is 20.1. The van der Waals surface area contributed by atoms with Crippen molar-refractivity contribution in [2.75, 3.05) is 40.9 Å². The van der Waals surface area contributed by atoms with Gasteiger partial charge in [0.05, 0.1) is 23.8 Å². The van der Waals surface area contributed by atoms with Crippen molar-refractivity contribution < 1.29 is 34.0 Å². The molecule has 4 N–H and O–H groups in total. The minimum Gasteiger partial charge on any atom is -0.508 e. The van der Waals surface area contributed by atoms with Crippen LogP contribution in [0.15, 0.2) is 66.1 Å². The number of hydrazine groups is 1. The molecule has 2 aliphatic rings. The molecule has 0 unspecified atom stereocenters. The van der Waals surface area contributed by atoms with Crippen LogP contribution < -0.4 is 16.1 Å². The van der Waals surface area contributed by atoms with Crippen LogP contribution in [0.1, 0.15) is 64.2 Å². The fraction of sp³-hybridized carbons (Fsp3) is 0.455. The van der Waals surface area contributed by atoms with Crippen molar-refractivity contribution >= 4 is 28.6 Å². The zero-order chi connectivity index (χ0) is 42.6. The van der Waals surface area contributed by atoms with Gasteiger partial charge in [0.2, 0.25) is 10.8 Å². The Bertz CT molecular complexity index is 2280. The van der Waals surface area contributed by atoms with Gasteiger partial charge in [-0.1, -0.05) is 26.0 Å². The summed E-state index contributed by atoms with van der Waals surface area (Å²) in [5.41, 5.74) is 10.4. The SMILES string of the molecule is CCn1c(-c2cnccc2COC)c2c3cc(ccc31)-c1cc(O)cc(c1)C[C@H](NC(=O)C(=C(C)C)N(C)C(=O)CNC)C(=O)N1CCC[C@H](N1)[N+](=O)OCC(C)(C)C2. The number of ether oxygens (including phenoxy) is 1. The number of nitrogens with one attached hydrogen (secondary N) is 3. The van der Waals surface area contributed by atoms with E-state index in [2.05, 4.69) is 58.5 Å². The lowest BCUT2D eigenvalue weighted by molar-refractivity contribution is -0.835. The number of aromatic nitrogens is 2. The third kappa shape index (κ3) is 9.32. The van der Waals surface area contributed by atoms with Gasteiger partial charge in [-0.2, -0.15) is 5.43 Å². The van der Waals surface area contributed by atoms with Gasteiger partial charge < -0.3 is 29.9 Å². The molecule has 0 aliphatic carbocycles. The number of carbonyl (C=O) groups excluding carboxylic acids is 3. The van der Waals surface area contributed by atoms with Crippen LogP contribution >= 0.6 is 0 Å². The Hall–Kier alpha value is -5.64. The predicted octanol–water partition coefficient (Wildman–Crippen LogP) is 4.99. The second-order valence-corrected chi connectivity index (χ2v) is 16.4. The zero-order valence-electron chi connectivity index (χ0n) is 35.3. The highest BCUT2D eigenvalue weighted by molar-refractivity contribution is 6.00. The summed E-state index contributed by atoms with van der Waals surface area (Å²) >= 11 is 0. The molecule has 2 aromatic heterocycles. The van der Waals surface area contributed by atoms with Crippen LogP contribution in [0.4, 0.5) is 0 Å². The standard InChI is InChI=1S/C44H56N8O7/c1-9-50-37-13-12-29-21-33(37)34(41(50)35-23-46-15-14-30(35)25-58-8)22-44(4,5)26-59-52(57)38-11-10-16-51(48-38)43(56)36(19-28-17-31(29)20-32(53)18-28)47-42(55)40(27(2)3)49(7)39(54)24-45-6/h12-15,17-18,20-21,23,36,38,45,48H,9-11,16,19,22,24-26H2,1-8H3,(H-,47,53,55)/p+1/t36-,38+/m0/s1. The van der Waals surface area contributed by atoms with Gasteiger partial charge in [-0.05, 0) is 104 Å². The summed E-state index contributed by atoms with van der Waals surface area (Å²) in [5, 5.41) is 19.3. The first-order chi connectivity index (χ1) is 28.2. The predicted molar refractivity (Wildman–Crippen MR) is 224 cm³/mol. The van der Waals surface area contributed by atoms with Gasteiger partial charge in [0, 0.05) is 74.4 Å². The van der Waals surface area contributed by atoms with Gasteiger partial charge in [0.25, 0.3) is 11.8 Å². The molecule has 6 bridgehead atoms. The first-order valence-corrected chi connectivity index (χ1v) is 20.1. The van der Waals surface area contributed by atoms with Crippen molar-refractivity contribution in [3.05, 3.63) is 87.7 Å². The molecule has 3 amide bonds.